The van der Waals surface area contributed by atoms with Gasteiger partial charge in [-0.15, -0.1) is 0 Å². The second-order valence-electron chi connectivity index (χ2n) is 3.89. The third-order valence-corrected chi connectivity index (χ3v) is 3.48. The molecular formula is C14H14Cl2O4. The van der Waals surface area contributed by atoms with E-state index in [1.54, 1.807) is 0 Å². The summed E-state index contributed by atoms with van der Waals surface area (Å²) in [5, 5.41) is 0.152. The molecule has 1 rings (SSSR count). The monoisotopic (exact) mass is 316 g/mol. The largest absolute Gasteiger partial charge is 0.480 e. The Balaban J connectivity index is 3.00. The summed E-state index contributed by atoms with van der Waals surface area (Å²) in [7, 11) is 1.25. The average molecular weight is 317 g/mol. The first kappa shape index (κ1) is 16.5. The average Bonchev–Trinajstić information content (AvgIpc) is 2.46. The molecular weight excluding hydrogens is 303 g/mol. The molecule has 0 fully saturated rings. The molecule has 4 nitrogen and oxygen atoms in total. The van der Waals surface area contributed by atoms with Crippen LogP contribution < -0.4 is 4.74 Å². The maximum atomic E-state index is 12.0. The standard InChI is InChI=1S/C14H14Cl2O4/c1-4-8(2)14(18)9-5-6-10(13(16)12(9)15)20-7-11(17)19-3/h5-6H,2,4,7H2,1,3H3. The van der Waals surface area contributed by atoms with Crippen molar-refractivity contribution in [3.63, 3.8) is 0 Å². The van der Waals surface area contributed by atoms with E-state index in [-0.39, 0.29) is 33.7 Å². The van der Waals surface area contributed by atoms with E-state index in [4.69, 9.17) is 27.9 Å². The van der Waals surface area contributed by atoms with E-state index in [9.17, 15) is 9.59 Å². The predicted octanol–water partition coefficient (Wildman–Crippen LogP) is 3.69. The SMILES string of the molecule is C=C(CC)C(=O)c1ccc(OCC(=O)OC)c(Cl)c1Cl. The van der Waals surface area contributed by atoms with Gasteiger partial charge in [0.1, 0.15) is 10.8 Å². The van der Waals surface area contributed by atoms with Gasteiger partial charge >= 0.3 is 5.97 Å². The molecule has 0 amide bonds. The van der Waals surface area contributed by atoms with Crippen LogP contribution in [0.15, 0.2) is 24.3 Å². The zero-order valence-corrected chi connectivity index (χ0v) is 12.7. The van der Waals surface area contributed by atoms with Gasteiger partial charge in [0.2, 0.25) is 0 Å². The van der Waals surface area contributed by atoms with Gasteiger partial charge in [-0.3, -0.25) is 4.79 Å². The molecule has 0 atom stereocenters. The van der Waals surface area contributed by atoms with Crippen molar-refractivity contribution < 1.29 is 19.1 Å². The van der Waals surface area contributed by atoms with E-state index in [0.717, 1.165) is 0 Å². The number of methoxy groups -OCH3 is 1. The van der Waals surface area contributed by atoms with Crippen LogP contribution in [0.1, 0.15) is 23.7 Å². The second-order valence-corrected chi connectivity index (χ2v) is 4.65. The highest BCUT2D eigenvalue weighted by Crippen LogP contribution is 2.35. The van der Waals surface area contributed by atoms with Gasteiger partial charge < -0.3 is 9.47 Å². The fourth-order valence-electron chi connectivity index (χ4n) is 1.37. The fourth-order valence-corrected chi connectivity index (χ4v) is 1.83. The number of hydrogen-bond acceptors (Lipinski definition) is 4. The third kappa shape index (κ3) is 3.74. The molecule has 1 aromatic rings. The van der Waals surface area contributed by atoms with E-state index in [0.29, 0.717) is 12.0 Å². The predicted molar refractivity (Wildman–Crippen MR) is 77.7 cm³/mol. The van der Waals surface area contributed by atoms with Crippen molar-refractivity contribution in [2.75, 3.05) is 13.7 Å². The Kier molecular flexibility index (Phi) is 6.05. The first-order valence-electron chi connectivity index (χ1n) is 5.82. The summed E-state index contributed by atoms with van der Waals surface area (Å²) in [5.74, 6) is -0.601. The number of esters is 1. The van der Waals surface area contributed by atoms with Crippen LogP contribution in [0.25, 0.3) is 0 Å². The van der Waals surface area contributed by atoms with Crippen molar-refractivity contribution >= 4 is 35.0 Å². The normalized spacial score (nSPS) is 10.0. The van der Waals surface area contributed by atoms with Crippen molar-refractivity contribution in [1.82, 2.24) is 0 Å². The van der Waals surface area contributed by atoms with Crippen LogP contribution in [0.3, 0.4) is 0 Å². The minimum atomic E-state index is -0.545. The molecule has 20 heavy (non-hydrogen) atoms. The van der Waals surface area contributed by atoms with Gasteiger partial charge in [0.25, 0.3) is 0 Å². The number of carbonyl (C=O) groups is 2. The number of rotatable bonds is 6. The number of carbonyl (C=O) groups excluding carboxylic acids is 2. The molecule has 108 valence electrons. The summed E-state index contributed by atoms with van der Waals surface area (Å²) < 4.78 is 9.61. The van der Waals surface area contributed by atoms with Crippen LogP contribution in [-0.4, -0.2) is 25.5 Å². The lowest BCUT2D eigenvalue weighted by Gasteiger charge is -2.11. The summed E-state index contributed by atoms with van der Waals surface area (Å²) >= 11 is 12.1. The van der Waals surface area contributed by atoms with Crippen molar-refractivity contribution in [1.29, 1.82) is 0 Å². The van der Waals surface area contributed by atoms with Crippen LogP contribution in [0.2, 0.25) is 10.0 Å². The summed E-state index contributed by atoms with van der Waals surface area (Å²) in [5.41, 5.74) is 0.695. The Labute approximate surface area is 127 Å². The molecule has 0 radical (unpaired) electrons. The molecule has 6 heteroatoms. The fraction of sp³-hybridized carbons (Fsp3) is 0.286. The van der Waals surface area contributed by atoms with E-state index < -0.39 is 5.97 Å². The third-order valence-electron chi connectivity index (χ3n) is 2.61. The van der Waals surface area contributed by atoms with Gasteiger partial charge in [0.05, 0.1) is 12.1 Å². The van der Waals surface area contributed by atoms with Gasteiger partial charge in [-0.05, 0) is 24.1 Å². The lowest BCUT2D eigenvalue weighted by molar-refractivity contribution is -0.142. The quantitative estimate of drug-likeness (QED) is 0.456. The van der Waals surface area contributed by atoms with Crippen LogP contribution in [0.4, 0.5) is 0 Å². The maximum Gasteiger partial charge on any atom is 0.343 e. The number of Topliss-reactive ketones (excluding diaryl/α,β-unsaturated/α-hetero) is 1. The Morgan fingerprint density at radius 2 is 1.90 bits per heavy atom. The maximum absolute atomic E-state index is 12.0. The molecule has 0 heterocycles. The van der Waals surface area contributed by atoms with Crippen LogP contribution in [-0.2, 0) is 9.53 Å². The highest BCUT2D eigenvalue weighted by atomic mass is 35.5. The number of ether oxygens (including phenoxy) is 2. The number of benzene rings is 1. The number of allylic oxidation sites excluding steroid dienone is 1. The Bertz CT molecular complexity index is 552. The molecule has 1 aromatic carbocycles. The Hall–Kier alpha value is -1.52. The molecule has 0 aromatic heterocycles. The first-order chi connectivity index (χ1) is 9.42. The van der Waals surface area contributed by atoms with Gasteiger partial charge in [0.15, 0.2) is 12.4 Å². The summed E-state index contributed by atoms with van der Waals surface area (Å²) in [6, 6.07) is 2.97. The molecule has 0 spiro atoms. The molecule has 0 aliphatic carbocycles. The molecule has 0 saturated carbocycles. The van der Waals surface area contributed by atoms with Gasteiger partial charge in [-0.2, -0.15) is 0 Å². The van der Waals surface area contributed by atoms with Crippen LogP contribution >= 0.6 is 23.2 Å². The smallest absolute Gasteiger partial charge is 0.343 e. The molecule has 0 N–H and O–H groups in total. The minimum Gasteiger partial charge on any atom is -0.480 e. The molecule has 0 saturated heterocycles. The Morgan fingerprint density at radius 1 is 1.25 bits per heavy atom. The topological polar surface area (TPSA) is 52.6 Å². The highest BCUT2D eigenvalue weighted by molar-refractivity contribution is 6.45. The van der Waals surface area contributed by atoms with E-state index in [1.807, 2.05) is 6.92 Å². The highest BCUT2D eigenvalue weighted by Gasteiger charge is 2.18. The summed E-state index contributed by atoms with van der Waals surface area (Å²) in [4.78, 5) is 23.0. The van der Waals surface area contributed by atoms with E-state index in [1.165, 1.54) is 19.2 Å². The summed E-state index contributed by atoms with van der Waals surface area (Å²) in [6.07, 6.45) is 0.521. The first-order valence-corrected chi connectivity index (χ1v) is 6.58. The van der Waals surface area contributed by atoms with Gasteiger partial charge in [-0.25, -0.2) is 4.79 Å². The second kappa shape index (κ2) is 7.31. The van der Waals surface area contributed by atoms with E-state index >= 15 is 0 Å². The van der Waals surface area contributed by atoms with Crippen molar-refractivity contribution in [2.24, 2.45) is 0 Å². The lowest BCUT2D eigenvalue weighted by atomic mass is 10.0. The van der Waals surface area contributed by atoms with Crippen LogP contribution in [0.5, 0.6) is 5.75 Å². The summed E-state index contributed by atoms with van der Waals surface area (Å²) in [6.45, 7) is 5.20. The van der Waals surface area contributed by atoms with Gasteiger partial charge in [-0.1, -0.05) is 36.7 Å². The molecule has 0 unspecified atom stereocenters. The van der Waals surface area contributed by atoms with Crippen molar-refractivity contribution in [2.45, 2.75) is 13.3 Å². The lowest BCUT2D eigenvalue weighted by Crippen LogP contribution is -2.13. The number of ketones is 1. The zero-order chi connectivity index (χ0) is 15.3. The number of hydrogen-bond donors (Lipinski definition) is 0. The zero-order valence-electron chi connectivity index (χ0n) is 11.2. The van der Waals surface area contributed by atoms with Crippen molar-refractivity contribution in [3.05, 3.63) is 39.9 Å². The van der Waals surface area contributed by atoms with Crippen molar-refractivity contribution in [3.8, 4) is 5.75 Å². The minimum absolute atomic E-state index is 0.0744. The van der Waals surface area contributed by atoms with Crippen LogP contribution in [0, 0.1) is 0 Å². The Morgan fingerprint density at radius 3 is 2.45 bits per heavy atom. The number of halogens is 2. The molecule has 0 bridgehead atoms. The molecule has 0 aliphatic rings. The van der Waals surface area contributed by atoms with E-state index in [2.05, 4.69) is 11.3 Å². The molecule has 0 aliphatic heterocycles. The van der Waals surface area contributed by atoms with Gasteiger partial charge in [0, 0.05) is 5.56 Å².